The molecule has 0 unspecified atom stereocenters. The van der Waals surface area contributed by atoms with Crippen LogP contribution in [0.1, 0.15) is 31.9 Å². The molecule has 0 spiro atoms. The van der Waals surface area contributed by atoms with Crippen LogP contribution in [0.4, 0.5) is 10.5 Å². The number of anilines is 1. The third-order valence-electron chi connectivity index (χ3n) is 4.19. The number of hydrogen-bond donors (Lipinski definition) is 0. The number of hydrogen-bond acceptors (Lipinski definition) is 5. The third kappa shape index (κ3) is 5.37. The van der Waals surface area contributed by atoms with E-state index in [0.717, 1.165) is 29.9 Å². The molecule has 1 aliphatic heterocycles. The molecule has 2 rings (SSSR count). The highest BCUT2D eigenvalue weighted by Crippen LogP contribution is 2.22. The van der Waals surface area contributed by atoms with Crippen LogP contribution >= 0.6 is 0 Å². The van der Waals surface area contributed by atoms with E-state index in [9.17, 15) is 9.59 Å². The number of ether oxygens (including phenoxy) is 2. The summed E-state index contributed by atoms with van der Waals surface area (Å²) >= 11 is 0. The number of rotatable bonds is 3. The summed E-state index contributed by atoms with van der Waals surface area (Å²) in [5.74, 6) is -0.241. The van der Waals surface area contributed by atoms with E-state index in [1.165, 1.54) is 7.11 Å². The Morgan fingerprint density at radius 3 is 2.32 bits per heavy atom. The van der Waals surface area contributed by atoms with E-state index in [2.05, 4.69) is 11.0 Å². The van der Waals surface area contributed by atoms with Crippen LogP contribution in [0, 0.1) is 6.92 Å². The van der Waals surface area contributed by atoms with Crippen molar-refractivity contribution in [2.75, 3.05) is 38.2 Å². The third-order valence-corrected chi connectivity index (χ3v) is 4.19. The summed E-state index contributed by atoms with van der Waals surface area (Å²) in [5, 5.41) is 0. The maximum Gasteiger partial charge on any atom is 0.410 e. The lowest BCUT2D eigenvalue weighted by atomic mass is 10.0. The predicted octanol–water partition coefficient (Wildman–Crippen LogP) is 2.77. The molecular formula is C19H28N2O4. The standard InChI is InChI=1S/C19H28N2O4/c1-14-6-7-16(12-15(14)13-17(22)24-5)20-8-10-21(11-9-20)18(23)25-19(2,3)4/h6-7,12H,8-11,13H2,1-5H3. The van der Waals surface area contributed by atoms with Gasteiger partial charge in [-0.25, -0.2) is 4.79 Å². The van der Waals surface area contributed by atoms with E-state index in [4.69, 9.17) is 9.47 Å². The molecule has 1 amide bonds. The molecule has 0 bridgehead atoms. The number of benzene rings is 1. The number of aryl methyl sites for hydroxylation is 1. The number of nitrogens with zero attached hydrogens (tertiary/aromatic N) is 2. The number of esters is 1. The molecule has 0 aliphatic carbocycles. The molecule has 0 aromatic heterocycles. The lowest BCUT2D eigenvalue weighted by molar-refractivity contribution is -0.139. The van der Waals surface area contributed by atoms with Crippen LogP contribution in [0.25, 0.3) is 0 Å². The second kappa shape index (κ2) is 7.76. The molecule has 1 aliphatic rings. The van der Waals surface area contributed by atoms with Gasteiger partial charge < -0.3 is 19.3 Å². The highest BCUT2D eigenvalue weighted by Gasteiger charge is 2.26. The number of carbonyl (C=O) groups excluding carboxylic acids is 2. The average Bonchev–Trinajstić information content (AvgIpc) is 2.55. The zero-order chi connectivity index (χ0) is 18.6. The van der Waals surface area contributed by atoms with Gasteiger partial charge in [-0.2, -0.15) is 0 Å². The topological polar surface area (TPSA) is 59.1 Å². The van der Waals surface area contributed by atoms with Gasteiger partial charge in [0.2, 0.25) is 0 Å². The van der Waals surface area contributed by atoms with Crippen molar-refractivity contribution < 1.29 is 19.1 Å². The van der Waals surface area contributed by atoms with Crippen molar-refractivity contribution in [3.8, 4) is 0 Å². The normalized spacial score (nSPS) is 15.1. The maximum atomic E-state index is 12.1. The summed E-state index contributed by atoms with van der Waals surface area (Å²) in [5.41, 5.74) is 2.63. The average molecular weight is 348 g/mol. The van der Waals surface area contributed by atoms with Crippen molar-refractivity contribution in [3.05, 3.63) is 29.3 Å². The first-order valence-corrected chi connectivity index (χ1v) is 8.59. The second-order valence-electron chi connectivity index (χ2n) is 7.32. The first-order chi connectivity index (χ1) is 11.7. The monoisotopic (exact) mass is 348 g/mol. The minimum absolute atomic E-state index is 0.241. The van der Waals surface area contributed by atoms with Gasteiger partial charge in [0.05, 0.1) is 13.5 Å². The van der Waals surface area contributed by atoms with Crippen LogP contribution in [0.5, 0.6) is 0 Å². The summed E-state index contributed by atoms with van der Waals surface area (Å²) in [6.07, 6.45) is 0.0102. The molecule has 6 nitrogen and oxygen atoms in total. The van der Waals surface area contributed by atoms with E-state index >= 15 is 0 Å². The minimum atomic E-state index is -0.478. The van der Waals surface area contributed by atoms with Gasteiger partial charge in [0.15, 0.2) is 0 Å². The molecule has 6 heteroatoms. The highest BCUT2D eigenvalue weighted by atomic mass is 16.6. The van der Waals surface area contributed by atoms with Crippen molar-refractivity contribution in [2.45, 2.75) is 39.7 Å². The molecule has 0 atom stereocenters. The Bertz CT molecular complexity index is 629. The van der Waals surface area contributed by atoms with Crippen LogP contribution in [-0.2, 0) is 20.7 Å². The summed E-state index contributed by atoms with van der Waals surface area (Å²) in [6, 6.07) is 6.11. The van der Waals surface area contributed by atoms with Gasteiger partial charge >= 0.3 is 12.1 Å². The fourth-order valence-electron chi connectivity index (χ4n) is 2.75. The van der Waals surface area contributed by atoms with Gasteiger partial charge in [-0.05, 0) is 51.0 Å². The molecule has 1 saturated heterocycles. The molecule has 1 aromatic rings. The fourth-order valence-corrected chi connectivity index (χ4v) is 2.75. The van der Waals surface area contributed by atoms with Crippen LogP contribution in [0.15, 0.2) is 18.2 Å². The fraction of sp³-hybridized carbons (Fsp3) is 0.579. The molecule has 25 heavy (non-hydrogen) atoms. The summed E-state index contributed by atoms with van der Waals surface area (Å²) in [6.45, 7) is 10.3. The second-order valence-corrected chi connectivity index (χ2v) is 7.32. The first kappa shape index (κ1) is 19.1. The van der Waals surface area contributed by atoms with Crippen LogP contribution in [0.3, 0.4) is 0 Å². The Balaban J connectivity index is 1.99. The van der Waals surface area contributed by atoms with Crippen molar-refractivity contribution >= 4 is 17.7 Å². The Kier molecular flexibility index (Phi) is 5.93. The molecular weight excluding hydrogens is 320 g/mol. The van der Waals surface area contributed by atoms with Crippen molar-refractivity contribution in [1.29, 1.82) is 0 Å². The lowest BCUT2D eigenvalue weighted by Crippen LogP contribution is -2.50. The number of piperazine rings is 1. The van der Waals surface area contributed by atoms with Gasteiger partial charge in [0, 0.05) is 31.9 Å². The number of amides is 1. The van der Waals surface area contributed by atoms with Gasteiger partial charge in [-0.3, -0.25) is 4.79 Å². The Morgan fingerprint density at radius 1 is 1.12 bits per heavy atom. The van der Waals surface area contributed by atoms with E-state index in [-0.39, 0.29) is 18.5 Å². The molecule has 1 aromatic carbocycles. The first-order valence-electron chi connectivity index (χ1n) is 8.59. The quantitative estimate of drug-likeness (QED) is 0.786. The largest absolute Gasteiger partial charge is 0.469 e. The van der Waals surface area contributed by atoms with Crippen molar-refractivity contribution in [2.24, 2.45) is 0 Å². The van der Waals surface area contributed by atoms with Crippen LogP contribution in [-0.4, -0.2) is 55.9 Å². The summed E-state index contributed by atoms with van der Waals surface area (Å²) in [4.78, 5) is 27.7. The molecule has 1 fully saturated rings. The molecule has 0 radical (unpaired) electrons. The van der Waals surface area contributed by atoms with Gasteiger partial charge in [0.1, 0.15) is 5.60 Å². The van der Waals surface area contributed by atoms with Crippen molar-refractivity contribution in [3.63, 3.8) is 0 Å². The SMILES string of the molecule is COC(=O)Cc1cc(N2CCN(C(=O)OC(C)(C)C)CC2)ccc1C. The van der Waals surface area contributed by atoms with Crippen molar-refractivity contribution in [1.82, 2.24) is 4.90 Å². The van der Waals surface area contributed by atoms with Crippen LogP contribution in [0.2, 0.25) is 0 Å². The van der Waals surface area contributed by atoms with Gasteiger partial charge in [-0.1, -0.05) is 6.07 Å². The van der Waals surface area contributed by atoms with Gasteiger partial charge in [-0.15, -0.1) is 0 Å². The van der Waals surface area contributed by atoms with E-state index in [0.29, 0.717) is 13.1 Å². The molecule has 138 valence electrons. The Labute approximate surface area is 149 Å². The minimum Gasteiger partial charge on any atom is -0.469 e. The highest BCUT2D eigenvalue weighted by molar-refractivity contribution is 5.73. The molecule has 0 N–H and O–H groups in total. The molecule has 1 heterocycles. The summed E-state index contributed by atoms with van der Waals surface area (Å²) in [7, 11) is 1.40. The Morgan fingerprint density at radius 2 is 1.76 bits per heavy atom. The number of carbonyl (C=O) groups is 2. The zero-order valence-electron chi connectivity index (χ0n) is 15.8. The predicted molar refractivity (Wildman–Crippen MR) is 96.9 cm³/mol. The van der Waals surface area contributed by atoms with E-state index in [1.54, 1.807) is 4.90 Å². The zero-order valence-corrected chi connectivity index (χ0v) is 15.8. The van der Waals surface area contributed by atoms with E-state index < -0.39 is 5.60 Å². The van der Waals surface area contributed by atoms with Gasteiger partial charge in [0.25, 0.3) is 0 Å². The Hall–Kier alpha value is -2.24. The number of methoxy groups -OCH3 is 1. The molecule has 0 saturated carbocycles. The van der Waals surface area contributed by atoms with E-state index in [1.807, 2.05) is 39.8 Å². The lowest BCUT2D eigenvalue weighted by Gasteiger charge is -2.37. The maximum absolute atomic E-state index is 12.1. The van der Waals surface area contributed by atoms with Crippen LogP contribution < -0.4 is 4.90 Å². The smallest absolute Gasteiger partial charge is 0.410 e. The summed E-state index contributed by atoms with van der Waals surface area (Å²) < 4.78 is 10.2.